The number of halogens is 2. The molecule has 2 amide bonds. The van der Waals surface area contributed by atoms with E-state index in [0.717, 1.165) is 70.0 Å². The number of nitrogens with zero attached hydrogens (tertiary/aromatic N) is 2. The Hall–Kier alpha value is -2.74. The minimum Gasteiger partial charge on any atom is -0.344 e. The molecule has 1 spiro atoms. The van der Waals surface area contributed by atoms with Crippen LogP contribution >= 0.6 is 22.9 Å². The number of piperidine rings is 1. The van der Waals surface area contributed by atoms with Crippen LogP contribution in [0, 0.1) is 11.2 Å². The zero-order valence-corrected chi connectivity index (χ0v) is 25.3. The van der Waals surface area contributed by atoms with E-state index in [1.54, 1.807) is 18.2 Å². The number of aryl methyl sites for hydroxylation is 1. The Morgan fingerprint density at radius 3 is 2.34 bits per heavy atom. The molecule has 1 aliphatic heterocycles. The number of hydrogen-bond acceptors (Lipinski definition) is 4. The van der Waals surface area contributed by atoms with Gasteiger partial charge in [0.2, 0.25) is 0 Å². The zero-order valence-electron chi connectivity index (χ0n) is 23.7. The molecule has 2 fully saturated rings. The topological polar surface area (TPSA) is 52.6 Å². The standard InChI is InChI=1S/C33H37ClFN3O2S/c1-37(2)33(24-6-8-25(35)9-7-24)14-12-32(13-15-33)16-18-38(19-17-32)31(40)23-4-3-22-5-10-28(26(22)21-23)36-30(39)29-27(34)11-20-41-29/h3-4,6-9,11,20-21,28H,5,10,12-19H2,1-2H3,(H,36,39). The van der Waals surface area contributed by atoms with E-state index in [1.807, 2.05) is 34.5 Å². The molecule has 1 atom stereocenters. The maximum absolute atomic E-state index is 13.6. The Balaban J connectivity index is 1.10. The maximum Gasteiger partial charge on any atom is 0.263 e. The first-order chi connectivity index (χ1) is 19.7. The van der Waals surface area contributed by atoms with Crippen molar-refractivity contribution in [1.82, 2.24) is 15.1 Å². The normalized spacial score (nSPS) is 21.2. The number of fused-ring (bicyclic) bond motifs is 1. The van der Waals surface area contributed by atoms with E-state index in [2.05, 4.69) is 30.4 Å². The molecule has 1 aromatic heterocycles. The van der Waals surface area contributed by atoms with Gasteiger partial charge in [0.05, 0.1) is 11.1 Å². The molecule has 8 heteroatoms. The Morgan fingerprint density at radius 1 is 1.00 bits per heavy atom. The van der Waals surface area contributed by atoms with E-state index in [4.69, 9.17) is 11.6 Å². The molecule has 0 radical (unpaired) electrons. The first-order valence-corrected chi connectivity index (χ1v) is 15.8. The fourth-order valence-electron chi connectivity index (χ4n) is 7.38. The van der Waals surface area contributed by atoms with Crippen molar-refractivity contribution in [1.29, 1.82) is 0 Å². The first kappa shape index (κ1) is 28.4. The smallest absolute Gasteiger partial charge is 0.263 e. The van der Waals surface area contributed by atoms with Gasteiger partial charge in [-0.2, -0.15) is 0 Å². The molecule has 3 aromatic rings. The highest BCUT2D eigenvalue weighted by molar-refractivity contribution is 7.12. The second kappa shape index (κ2) is 11.2. The van der Waals surface area contributed by atoms with Gasteiger partial charge in [0.15, 0.2) is 0 Å². The van der Waals surface area contributed by atoms with Gasteiger partial charge in [-0.25, -0.2) is 4.39 Å². The molecule has 0 bridgehead atoms. The van der Waals surface area contributed by atoms with Crippen LogP contribution in [0.5, 0.6) is 0 Å². The number of thiophene rings is 1. The van der Waals surface area contributed by atoms with E-state index in [9.17, 15) is 14.0 Å². The number of nitrogens with one attached hydrogen (secondary N) is 1. The highest BCUT2D eigenvalue weighted by Crippen LogP contribution is 2.52. The molecule has 216 valence electrons. The molecule has 1 saturated heterocycles. The van der Waals surface area contributed by atoms with Gasteiger partial charge >= 0.3 is 0 Å². The second-order valence-corrected chi connectivity index (χ2v) is 13.6. The van der Waals surface area contributed by atoms with Crippen LogP contribution in [-0.4, -0.2) is 48.8 Å². The zero-order chi connectivity index (χ0) is 28.8. The van der Waals surface area contributed by atoms with Crippen molar-refractivity contribution in [3.63, 3.8) is 0 Å². The lowest BCUT2D eigenvalue weighted by molar-refractivity contribution is -0.000342. The minimum absolute atomic E-state index is 0.0723. The van der Waals surface area contributed by atoms with Gasteiger partial charge in [0.1, 0.15) is 10.7 Å². The predicted molar refractivity (Wildman–Crippen MR) is 162 cm³/mol. The Kier molecular flexibility index (Phi) is 7.72. The van der Waals surface area contributed by atoms with E-state index < -0.39 is 0 Å². The molecule has 2 heterocycles. The third-order valence-electron chi connectivity index (χ3n) is 10.1. The van der Waals surface area contributed by atoms with Crippen LogP contribution in [0.4, 0.5) is 4.39 Å². The molecule has 5 nitrogen and oxygen atoms in total. The minimum atomic E-state index is -0.195. The van der Waals surface area contributed by atoms with Gasteiger partial charge in [-0.1, -0.05) is 29.8 Å². The summed E-state index contributed by atoms with van der Waals surface area (Å²) in [5.41, 5.74) is 4.30. The van der Waals surface area contributed by atoms with Crippen molar-refractivity contribution in [2.75, 3.05) is 27.2 Å². The quantitative estimate of drug-likeness (QED) is 0.340. The third kappa shape index (κ3) is 5.33. The van der Waals surface area contributed by atoms with Crippen molar-refractivity contribution in [2.24, 2.45) is 5.41 Å². The molecule has 41 heavy (non-hydrogen) atoms. The van der Waals surface area contributed by atoms with Crippen molar-refractivity contribution in [3.8, 4) is 0 Å². The molecule has 3 aliphatic rings. The summed E-state index contributed by atoms with van der Waals surface area (Å²) in [7, 11) is 4.26. The average molecular weight is 594 g/mol. The van der Waals surface area contributed by atoms with Gasteiger partial charge in [-0.3, -0.25) is 14.5 Å². The summed E-state index contributed by atoms with van der Waals surface area (Å²) in [5.74, 6) is -0.282. The highest BCUT2D eigenvalue weighted by atomic mass is 35.5. The molecular weight excluding hydrogens is 557 g/mol. The average Bonchev–Trinajstić information content (AvgIpc) is 3.59. The summed E-state index contributed by atoms with van der Waals surface area (Å²) in [6.45, 7) is 1.52. The lowest BCUT2D eigenvalue weighted by atomic mass is 9.61. The van der Waals surface area contributed by atoms with Gasteiger partial charge in [-0.05, 0) is 123 Å². The first-order valence-electron chi connectivity index (χ1n) is 14.6. The van der Waals surface area contributed by atoms with Crippen molar-refractivity contribution < 1.29 is 14.0 Å². The van der Waals surface area contributed by atoms with E-state index in [0.29, 0.717) is 15.5 Å². The summed E-state index contributed by atoms with van der Waals surface area (Å²) in [4.78, 5) is 31.3. The largest absolute Gasteiger partial charge is 0.344 e. The van der Waals surface area contributed by atoms with E-state index in [1.165, 1.54) is 22.5 Å². The Morgan fingerprint density at radius 2 is 1.71 bits per heavy atom. The third-order valence-corrected chi connectivity index (χ3v) is 11.4. The second-order valence-electron chi connectivity index (χ2n) is 12.3. The summed E-state index contributed by atoms with van der Waals surface area (Å²) in [6, 6.07) is 14.6. The predicted octanol–water partition coefficient (Wildman–Crippen LogP) is 7.21. The van der Waals surface area contributed by atoms with Crippen LogP contribution in [-0.2, 0) is 12.0 Å². The van der Waals surface area contributed by atoms with Crippen LogP contribution in [0.15, 0.2) is 53.9 Å². The van der Waals surface area contributed by atoms with Crippen LogP contribution in [0.1, 0.15) is 87.7 Å². The fourth-order valence-corrected chi connectivity index (χ4v) is 8.42. The van der Waals surface area contributed by atoms with Gasteiger partial charge in [-0.15, -0.1) is 11.3 Å². The number of carbonyl (C=O) groups excluding carboxylic acids is 2. The molecule has 1 unspecified atom stereocenters. The van der Waals surface area contributed by atoms with Gasteiger partial charge in [0.25, 0.3) is 11.8 Å². The Labute approximate surface area is 250 Å². The monoisotopic (exact) mass is 593 g/mol. The molecular formula is C33H37ClFN3O2S. The molecule has 2 aromatic carbocycles. The lowest BCUT2D eigenvalue weighted by Gasteiger charge is -2.52. The van der Waals surface area contributed by atoms with Gasteiger partial charge in [0, 0.05) is 24.2 Å². The molecule has 1 N–H and O–H groups in total. The van der Waals surface area contributed by atoms with Crippen LogP contribution in [0.25, 0.3) is 0 Å². The number of hydrogen-bond donors (Lipinski definition) is 1. The lowest BCUT2D eigenvalue weighted by Crippen LogP contribution is -2.50. The van der Waals surface area contributed by atoms with Crippen molar-refractivity contribution >= 4 is 34.8 Å². The molecule has 1 saturated carbocycles. The summed E-state index contributed by atoms with van der Waals surface area (Å²) < 4.78 is 13.6. The van der Waals surface area contributed by atoms with E-state index >= 15 is 0 Å². The maximum atomic E-state index is 13.6. The Bertz CT molecular complexity index is 1430. The molecule has 2 aliphatic carbocycles. The highest BCUT2D eigenvalue weighted by Gasteiger charge is 2.46. The number of benzene rings is 2. The summed E-state index contributed by atoms with van der Waals surface area (Å²) in [5, 5.41) is 5.42. The number of rotatable bonds is 5. The summed E-state index contributed by atoms with van der Waals surface area (Å²) in [6.07, 6.45) is 8.01. The summed E-state index contributed by atoms with van der Waals surface area (Å²) >= 11 is 7.51. The number of carbonyl (C=O) groups is 2. The number of amides is 2. The fraction of sp³-hybridized carbons (Fsp3) is 0.455. The van der Waals surface area contributed by atoms with Gasteiger partial charge < -0.3 is 10.2 Å². The van der Waals surface area contributed by atoms with Crippen LogP contribution in [0.3, 0.4) is 0 Å². The SMILES string of the molecule is CN(C)C1(c2ccc(F)cc2)CCC2(CCN(C(=O)c3ccc4c(c3)C(NC(=O)c3sccc3Cl)CC4)CC2)CC1. The van der Waals surface area contributed by atoms with Crippen molar-refractivity contribution in [2.45, 2.75) is 62.9 Å². The van der Waals surface area contributed by atoms with Crippen LogP contribution in [0.2, 0.25) is 5.02 Å². The van der Waals surface area contributed by atoms with E-state index in [-0.39, 0.29) is 34.6 Å². The van der Waals surface area contributed by atoms with Crippen molar-refractivity contribution in [3.05, 3.63) is 91.9 Å². The number of likely N-dealkylation sites (tertiary alicyclic amines) is 1. The molecule has 6 rings (SSSR count). The van der Waals surface area contributed by atoms with Crippen LogP contribution < -0.4 is 5.32 Å².